The van der Waals surface area contributed by atoms with E-state index in [4.69, 9.17) is 4.52 Å². The van der Waals surface area contributed by atoms with Crippen molar-refractivity contribution in [1.29, 1.82) is 0 Å². The molecule has 3 nitrogen and oxygen atoms in total. The molecule has 1 aliphatic carbocycles. The highest BCUT2D eigenvalue weighted by Gasteiger charge is 2.20. The minimum atomic E-state index is -0.0240. The van der Waals surface area contributed by atoms with E-state index in [0.29, 0.717) is 5.76 Å². The summed E-state index contributed by atoms with van der Waals surface area (Å²) in [5, 5.41) is 13.6. The van der Waals surface area contributed by atoms with Gasteiger partial charge in [-0.05, 0) is 12.5 Å². The molecule has 1 unspecified atom stereocenters. The van der Waals surface area contributed by atoms with E-state index in [-0.39, 0.29) is 5.92 Å². The van der Waals surface area contributed by atoms with Gasteiger partial charge in [-0.15, -0.1) is 0 Å². The van der Waals surface area contributed by atoms with Crippen molar-refractivity contribution in [3.05, 3.63) is 41.5 Å². The number of allylic oxidation sites excluding steroid dienone is 4. The molecule has 1 aromatic rings. The van der Waals surface area contributed by atoms with Gasteiger partial charge >= 0.3 is 0 Å². The van der Waals surface area contributed by atoms with Gasteiger partial charge in [-0.2, -0.15) is 0 Å². The zero-order valence-corrected chi connectivity index (χ0v) is 10.1. The normalized spacial score (nSPS) is 18.7. The predicted molar refractivity (Wildman–Crippen MR) is 64.4 cm³/mol. The summed E-state index contributed by atoms with van der Waals surface area (Å²) in [6.45, 7) is 6.01. The highest BCUT2D eigenvalue weighted by molar-refractivity contribution is 5.27. The average Bonchev–Trinajstić information content (AvgIpc) is 2.81. The Morgan fingerprint density at radius 2 is 2.25 bits per heavy atom. The summed E-state index contributed by atoms with van der Waals surface area (Å²) in [6.07, 6.45) is 7.20. The number of nitrogens with zero attached hydrogens (tertiary/aromatic N) is 1. The Labute approximate surface area is 96.5 Å². The number of rotatable bonds is 2. The molecule has 88 valence electrons. The minimum absolute atomic E-state index is 0.0240. The van der Waals surface area contributed by atoms with Crippen LogP contribution in [-0.4, -0.2) is 10.3 Å². The Morgan fingerprint density at radius 3 is 2.81 bits per heavy atom. The average molecular weight is 221 g/mol. The number of hydrogen-bond donors (Lipinski definition) is 1. The van der Waals surface area contributed by atoms with Gasteiger partial charge < -0.3 is 9.63 Å². The Hall–Kier alpha value is -1.51. The molecule has 1 N–H and O–H groups in total. The first kappa shape index (κ1) is 12.6. The topological polar surface area (TPSA) is 46.3 Å². The maximum atomic E-state index is 9.63. The van der Waals surface area contributed by atoms with Gasteiger partial charge in [0, 0.05) is 12.5 Å². The quantitative estimate of drug-likeness (QED) is 0.827. The van der Waals surface area contributed by atoms with Crippen LogP contribution < -0.4 is 0 Å². The lowest BCUT2D eigenvalue weighted by molar-refractivity contribution is 0.343. The molecule has 1 atom stereocenters. The van der Waals surface area contributed by atoms with Crippen LogP contribution in [0.2, 0.25) is 0 Å². The fourth-order valence-corrected chi connectivity index (χ4v) is 1.55. The summed E-state index contributed by atoms with van der Waals surface area (Å²) < 4.78 is 5.10. The molecule has 1 aromatic heterocycles. The summed E-state index contributed by atoms with van der Waals surface area (Å²) in [5.41, 5.74) is 0.819. The predicted octanol–water partition coefficient (Wildman–Crippen LogP) is 3.75. The third-order valence-electron chi connectivity index (χ3n) is 2.41. The summed E-state index contributed by atoms with van der Waals surface area (Å²) >= 11 is 0. The van der Waals surface area contributed by atoms with E-state index >= 15 is 0 Å². The first-order valence-electron chi connectivity index (χ1n) is 5.82. The summed E-state index contributed by atoms with van der Waals surface area (Å²) in [5.74, 6) is 1.20. The third kappa shape index (κ3) is 2.75. The maximum absolute atomic E-state index is 9.63. The molecule has 3 heteroatoms. The number of aliphatic hydroxyl groups excluding tert-OH is 1. The van der Waals surface area contributed by atoms with E-state index in [9.17, 15) is 5.11 Å². The van der Waals surface area contributed by atoms with Gasteiger partial charge in [0.25, 0.3) is 0 Å². The van der Waals surface area contributed by atoms with E-state index in [1.165, 1.54) is 0 Å². The smallest absolute Gasteiger partial charge is 0.136 e. The highest BCUT2D eigenvalue weighted by atomic mass is 16.5. The fraction of sp³-hybridized carbons (Fsp3) is 0.462. The van der Waals surface area contributed by atoms with Gasteiger partial charge in [-0.3, -0.25) is 0 Å². The lowest BCUT2D eigenvalue weighted by Crippen LogP contribution is -2.03. The molecule has 2 rings (SSSR count). The Balaban J connectivity index is 0.000000606. The maximum Gasteiger partial charge on any atom is 0.136 e. The van der Waals surface area contributed by atoms with E-state index < -0.39 is 0 Å². The lowest BCUT2D eigenvalue weighted by atomic mass is 9.95. The lowest BCUT2D eigenvalue weighted by Gasteiger charge is -2.13. The number of aliphatic hydroxyl groups is 1. The molecule has 0 saturated carbocycles. The van der Waals surface area contributed by atoms with Crippen molar-refractivity contribution in [2.75, 3.05) is 0 Å². The molecular weight excluding hydrogens is 202 g/mol. The molecule has 0 fully saturated rings. The molecule has 0 aliphatic heterocycles. The first-order chi connectivity index (χ1) is 7.81. The van der Waals surface area contributed by atoms with Crippen LogP contribution in [0, 0.1) is 0 Å². The molecule has 0 spiro atoms. The van der Waals surface area contributed by atoms with Gasteiger partial charge in [0.15, 0.2) is 0 Å². The zero-order chi connectivity index (χ0) is 12.0. The second-order valence-electron chi connectivity index (χ2n) is 3.38. The largest absolute Gasteiger partial charge is 0.512 e. The monoisotopic (exact) mass is 221 g/mol. The number of hydrogen-bond acceptors (Lipinski definition) is 3. The molecule has 0 aromatic carbocycles. The summed E-state index contributed by atoms with van der Waals surface area (Å²) in [6, 6.07) is 1.91. The van der Waals surface area contributed by atoms with Gasteiger partial charge in [-0.1, -0.05) is 38.1 Å². The Morgan fingerprint density at radius 1 is 1.50 bits per heavy atom. The second-order valence-corrected chi connectivity index (χ2v) is 3.38. The van der Waals surface area contributed by atoms with Crippen LogP contribution in [-0.2, 0) is 6.42 Å². The first-order valence-corrected chi connectivity index (χ1v) is 5.82. The molecule has 0 amide bonds. The van der Waals surface area contributed by atoms with Gasteiger partial charge in [0.1, 0.15) is 11.5 Å². The van der Waals surface area contributed by atoms with E-state index in [2.05, 4.69) is 5.16 Å². The molecule has 0 bridgehead atoms. The second kappa shape index (κ2) is 6.16. The molecule has 1 aliphatic rings. The van der Waals surface area contributed by atoms with Crippen molar-refractivity contribution in [3.63, 3.8) is 0 Å². The van der Waals surface area contributed by atoms with E-state index in [0.717, 1.165) is 24.3 Å². The van der Waals surface area contributed by atoms with Gasteiger partial charge in [-0.25, -0.2) is 0 Å². The van der Waals surface area contributed by atoms with Crippen LogP contribution in [0.25, 0.3) is 0 Å². The van der Waals surface area contributed by atoms with E-state index in [1.807, 2.05) is 39.0 Å². The molecule has 0 radical (unpaired) electrons. The van der Waals surface area contributed by atoms with Crippen molar-refractivity contribution in [3.8, 4) is 0 Å². The molecule has 16 heavy (non-hydrogen) atoms. The fourth-order valence-electron chi connectivity index (χ4n) is 1.55. The molecular formula is C13H19NO2. The zero-order valence-electron chi connectivity index (χ0n) is 10.1. The number of aryl methyl sites for hydroxylation is 1. The third-order valence-corrected chi connectivity index (χ3v) is 2.41. The van der Waals surface area contributed by atoms with Crippen LogP contribution in [0.1, 0.15) is 44.6 Å². The van der Waals surface area contributed by atoms with Crippen molar-refractivity contribution in [2.45, 2.75) is 39.5 Å². The summed E-state index contributed by atoms with van der Waals surface area (Å²) in [4.78, 5) is 0. The Bertz CT molecular complexity index is 377. The SMILES string of the molecule is CC.CCc1cc(C2CC=CC=C2O)no1. The van der Waals surface area contributed by atoms with Crippen molar-refractivity contribution in [2.24, 2.45) is 0 Å². The van der Waals surface area contributed by atoms with Crippen molar-refractivity contribution >= 4 is 0 Å². The standard InChI is InChI=1S/C11H13NO2.C2H6/c1-2-8-7-10(12-14-8)9-5-3-4-6-11(9)13;1-2/h3-4,6-7,9,13H,2,5H2,1H3;1-2H3. The van der Waals surface area contributed by atoms with Crippen LogP contribution in [0.3, 0.4) is 0 Å². The molecule has 0 saturated heterocycles. The molecule has 1 heterocycles. The van der Waals surface area contributed by atoms with Crippen molar-refractivity contribution in [1.82, 2.24) is 5.16 Å². The van der Waals surface area contributed by atoms with E-state index in [1.54, 1.807) is 6.08 Å². The minimum Gasteiger partial charge on any atom is -0.512 e. The van der Waals surface area contributed by atoms with Crippen LogP contribution in [0.4, 0.5) is 0 Å². The van der Waals surface area contributed by atoms with Gasteiger partial charge in [0.2, 0.25) is 0 Å². The van der Waals surface area contributed by atoms with Crippen molar-refractivity contribution < 1.29 is 9.63 Å². The number of aromatic nitrogens is 1. The van der Waals surface area contributed by atoms with Crippen LogP contribution >= 0.6 is 0 Å². The highest BCUT2D eigenvalue weighted by Crippen LogP contribution is 2.28. The Kier molecular flexibility index (Phi) is 4.83. The van der Waals surface area contributed by atoms with Crippen LogP contribution in [0.5, 0.6) is 0 Å². The summed E-state index contributed by atoms with van der Waals surface area (Å²) in [7, 11) is 0. The van der Waals surface area contributed by atoms with Gasteiger partial charge in [0.05, 0.1) is 11.6 Å². The van der Waals surface area contributed by atoms with Crippen LogP contribution in [0.15, 0.2) is 34.6 Å².